The average molecular weight is 374 g/mol. The quantitative estimate of drug-likeness (QED) is 0.635. The molecule has 3 aromatic rings. The van der Waals surface area contributed by atoms with Crippen molar-refractivity contribution in [3.05, 3.63) is 41.9 Å². The van der Waals surface area contributed by atoms with Gasteiger partial charge in [0, 0.05) is 43.2 Å². The number of hydrogen-bond acceptors (Lipinski definition) is 4. The van der Waals surface area contributed by atoms with Crippen LogP contribution in [-0.2, 0) is 6.54 Å². The van der Waals surface area contributed by atoms with Gasteiger partial charge in [0.2, 0.25) is 0 Å². The SMILES string of the molecule is FC1CCN(CCCn2cc(-c3cnc4ccc(Cl)nc4c3)cn2)CC1. The minimum absolute atomic E-state index is 0.462. The lowest BCUT2D eigenvalue weighted by Crippen LogP contribution is -2.35. The first-order chi connectivity index (χ1) is 12.7. The van der Waals surface area contributed by atoms with E-state index in [1.165, 1.54) is 0 Å². The lowest BCUT2D eigenvalue weighted by atomic mass is 10.1. The van der Waals surface area contributed by atoms with E-state index in [2.05, 4.69) is 20.0 Å². The molecule has 4 rings (SSSR count). The predicted octanol–water partition coefficient (Wildman–Crippen LogP) is 3.97. The summed E-state index contributed by atoms with van der Waals surface area (Å²) in [5.74, 6) is 0. The van der Waals surface area contributed by atoms with Gasteiger partial charge in [-0.3, -0.25) is 9.67 Å². The summed E-state index contributed by atoms with van der Waals surface area (Å²) in [6.07, 6.45) is 7.44. The standard InChI is InChI=1S/C19H21ClFN5/c20-19-3-2-17-18(24-19)10-14(11-22-17)15-12-23-26(13-15)7-1-6-25-8-4-16(21)5-9-25/h2-3,10-13,16H,1,4-9H2. The summed E-state index contributed by atoms with van der Waals surface area (Å²) in [4.78, 5) is 11.1. The number of alkyl halides is 1. The van der Waals surface area contributed by atoms with E-state index in [0.717, 1.165) is 54.8 Å². The molecule has 0 bridgehead atoms. The first-order valence-corrected chi connectivity index (χ1v) is 9.37. The summed E-state index contributed by atoms with van der Waals surface area (Å²) in [5.41, 5.74) is 3.59. The third-order valence-corrected chi connectivity index (χ3v) is 5.06. The van der Waals surface area contributed by atoms with Gasteiger partial charge in [0.1, 0.15) is 11.3 Å². The fourth-order valence-corrected chi connectivity index (χ4v) is 3.51. The fourth-order valence-electron chi connectivity index (χ4n) is 3.36. The van der Waals surface area contributed by atoms with Gasteiger partial charge in [0.05, 0.1) is 17.2 Å². The molecule has 0 radical (unpaired) electrons. The maximum absolute atomic E-state index is 13.2. The second-order valence-corrected chi connectivity index (χ2v) is 7.15. The van der Waals surface area contributed by atoms with E-state index in [9.17, 15) is 4.39 Å². The Morgan fingerprint density at radius 3 is 2.77 bits per heavy atom. The van der Waals surface area contributed by atoms with Gasteiger partial charge in [-0.15, -0.1) is 0 Å². The molecule has 7 heteroatoms. The van der Waals surface area contributed by atoms with E-state index >= 15 is 0 Å². The number of fused-ring (bicyclic) bond motifs is 1. The number of aryl methyl sites for hydroxylation is 1. The largest absolute Gasteiger partial charge is 0.303 e. The van der Waals surface area contributed by atoms with E-state index in [1.807, 2.05) is 35.4 Å². The molecule has 4 heterocycles. The molecule has 26 heavy (non-hydrogen) atoms. The lowest BCUT2D eigenvalue weighted by Gasteiger charge is -2.28. The van der Waals surface area contributed by atoms with Crippen molar-refractivity contribution < 1.29 is 4.39 Å². The van der Waals surface area contributed by atoms with Crippen LogP contribution in [0.4, 0.5) is 4.39 Å². The molecular formula is C19H21ClFN5. The van der Waals surface area contributed by atoms with Crippen molar-refractivity contribution in [2.45, 2.75) is 32.0 Å². The molecule has 0 spiro atoms. The highest BCUT2D eigenvalue weighted by Gasteiger charge is 2.17. The first kappa shape index (κ1) is 17.4. The first-order valence-electron chi connectivity index (χ1n) is 8.99. The van der Waals surface area contributed by atoms with Gasteiger partial charge in [-0.25, -0.2) is 9.37 Å². The van der Waals surface area contributed by atoms with Crippen LogP contribution in [0.5, 0.6) is 0 Å². The predicted molar refractivity (Wildman–Crippen MR) is 101 cm³/mol. The van der Waals surface area contributed by atoms with E-state index in [4.69, 9.17) is 11.6 Å². The molecule has 0 saturated carbocycles. The van der Waals surface area contributed by atoms with Crippen LogP contribution in [0.2, 0.25) is 5.15 Å². The van der Waals surface area contributed by atoms with Gasteiger partial charge in [-0.2, -0.15) is 5.10 Å². The van der Waals surface area contributed by atoms with Gasteiger partial charge in [0.25, 0.3) is 0 Å². The van der Waals surface area contributed by atoms with Crippen molar-refractivity contribution in [3.63, 3.8) is 0 Å². The molecule has 1 aliphatic heterocycles. The van der Waals surface area contributed by atoms with Crippen LogP contribution in [0.25, 0.3) is 22.2 Å². The highest BCUT2D eigenvalue weighted by molar-refractivity contribution is 6.29. The minimum Gasteiger partial charge on any atom is -0.303 e. The Balaban J connectivity index is 1.38. The second-order valence-electron chi connectivity index (χ2n) is 6.76. The number of aromatic nitrogens is 4. The molecule has 3 aromatic heterocycles. The van der Waals surface area contributed by atoms with Crippen LogP contribution in [0.1, 0.15) is 19.3 Å². The van der Waals surface area contributed by atoms with E-state index in [0.29, 0.717) is 18.0 Å². The molecule has 1 fully saturated rings. The van der Waals surface area contributed by atoms with Crippen molar-refractivity contribution in [3.8, 4) is 11.1 Å². The van der Waals surface area contributed by atoms with Crippen molar-refractivity contribution >= 4 is 22.6 Å². The van der Waals surface area contributed by atoms with Crippen molar-refractivity contribution in [2.75, 3.05) is 19.6 Å². The monoisotopic (exact) mass is 373 g/mol. The maximum Gasteiger partial charge on any atom is 0.129 e. The number of piperidine rings is 1. The van der Waals surface area contributed by atoms with Crippen LogP contribution in [-0.4, -0.2) is 50.5 Å². The Hall–Kier alpha value is -2.05. The van der Waals surface area contributed by atoms with Crippen molar-refractivity contribution in [2.24, 2.45) is 0 Å². The van der Waals surface area contributed by atoms with Crippen LogP contribution in [0.15, 0.2) is 36.8 Å². The third kappa shape index (κ3) is 4.02. The zero-order chi connectivity index (χ0) is 17.9. The molecule has 0 N–H and O–H groups in total. The van der Waals surface area contributed by atoms with Crippen LogP contribution in [0, 0.1) is 0 Å². The van der Waals surface area contributed by atoms with Gasteiger partial charge in [-0.05, 0) is 44.0 Å². The molecule has 0 unspecified atom stereocenters. The molecule has 1 aliphatic rings. The van der Waals surface area contributed by atoms with Crippen LogP contribution in [0.3, 0.4) is 0 Å². The zero-order valence-corrected chi connectivity index (χ0v) is 15.2. The Labute approximate surface area is 156 Å². The second kappa shape index (κ2) is 7.68. The summed E-state index contributed by atoms with van der Waals surface area (Å²) in [7, 11) is 0. The van der Waals surface area contributed by atoms with E-state index < -0.39 is 6.17 Å². The number of halogens is 2. The summed E-state index contributed by atoms with van der Waals surface area (Å²) >= 11 is 5.97. The molecule has 1 saturated heterocycles. The molecule has 0 aromatic carbocycles. The summed E-state index contributed by atoms with van der Waals surface area (Å²) < 4.78 is 15.1. The van der Waals surface area contributed by atoms with Crippen LogP contribution < -0.4 is 0 Å². The fraction of sp³-hybridized carbons (Fsp3) is 0.421. The Bertz CT molecular complexity index is 889. The number of hydrogen-bond donors (Lipinski definition) is 0. The smallest absolute Gasteiger partial charge is 0.129 e. The number of nitrogens with zero attached hydrogens (tertiary/aromatic N) is 5. The maximum atomic E-state index is 13.2. The summed E-state index contributed by atoms with van der Waals surface area (Å²) in [6, 6.07) is 5.59. The van der Waals surface area contributed by atoms with Gasteiger partial charge < -0.3 is 4.90 Å². The topological polar surface area (TPSA) is 46.8 Å². The van der Waals surface area contributed by atoms with Crippen molar-refractivity contribution in [1.29, 1.82) is 0 Å². The van der Waals surface area contributed by atoms with Crippen LogP contribution >= 0.6 is 11.6 Å². The summed E-state index contributed by atoms with van der Waals surface area (Å²) in [6.45, 7) is 3.57. The Morgan fingerprint density at radius 1 is 1.08 bits per heavy atom. The Morgan fingerprint density at radius 2 is 1.92 bits per heavy atom. The molecule has 136 valence electrons. The highest BCUT2D eigenvalue weighted by Crippen LogP contribution is 2.22. The molecule has 0 atom stereocenters. The van der Waals surface area contributed by atoms with E-state index in [-0.39, 0.29) is 0 Å². The third-order valence-electron chi connectivity index (χ3n) is 4.85. The molecule has 0 amide bonds. The highest BCUT2D eigenvalue weighted by atomic mass is 35.5. The number of pyridine rings is 2. The summed E-state index contributed by atoms with van der Waals surface area (Å²) in [5, 5.41) is 4.91. The minimum atomic E-state index is -0.611. The van der Waals surface area contributed by atoms with E-state index in [1.54, 1.807) is 6.07 Å². The number of rotatable bonds is 5. The molecule has 0 aliphatic carbocycles. The molecule has 5 nitrogen and oxygen atoms in total. The van der Waals surface area contributed by atoms with Crippen molar-refractivity contribution in [1.82, 2.24) is 24.6 Å². The zero-order valence-electron chi connectivity index (χ0n) is 14.5. The van der Waals surface area contributed by atoms with Gasteiger partial charge in [0.15, 0.2) is 0 Å². The lowest BCUT2D eigenvalue weighted by molar-refractivity contribution is 0.148. The van der Waals surface area contributed by atoms with Gasteiger partial charge >= 0.3 is 0 Å². The molecular weight excluding hydrogens is 353 g/mol. The van der Waals surface area contributed by atoms with Gasteiger partial charge in [-0.1, -0.05) is 11.6 Å². The normalized spacial score (nSPS) is 16.4. The Kier molecular flexibility index (Phi) is 5.13. The average Bonchev–Trinajstić information content (AvgIpc) is 3.12. The number of likely N-dealkylation sites (tertiary alicyclic amines) is 1.